The van der Waals surface area contributed by atoms with Crippen LogP contribution in [0.25, 0.3) is 0 Å². The Morgan fingerprint density at radius 1 is 0.769 bits per heavy atom. The molecule has 1 saturated heterocycles. The first-order valence-electron chi connectivity index (χ1n) is 10.2. The zero-order valence-electron chi connectivity index (χ0n) is 16.3. The highest BCUT2D eigenvalue weighted by atomic mass is 15.1. The van der Waals surface area contributed by atoms with E-state index in [9.17, 15) is 0 Å². The third kappa shape index (κ3) is 6.14. The minimum Gasteiger partial charge on any atom is -0.299 e. The minimum atomic E-state index is 0.994. The molecule has 0 radical (unpaired) electrons. The third-order valence-corrected chi connectivity index (χ3v) is 5.34. The first-order chi connectivity index (χ1) is 12.7. The molecule has 1 nitrogen and oxygen atoms in total. The van der Waals surface area contributed by atoms with Gasteiger partial charge in [-0.05, 0) is 87.2 Å². The molecule has 0 atom stereocenters. The molecule has 2 aromatic carbocycles. The maximum absolute atomic E-state index is 3.99. The minimum absolute atomic E-state index is 0.994. The van der Waals surface area contributed by atoms with E-state index in [2.05, 4.69) is 66.9 Å². The van der Waals surface area contributed by atoms with Crippen molar-refractivity contribution in [1.29, 1.82) is 0 Å². The maximum Gasteiger partial charge on any atom is 0.0233 e. The molecule has 0 unspecified atom stereocenters. The zero-order valence-corrected chi connectivity index (χ0v) is 16.3. The summed E-state index contributed by atoms with van der Waals surface area (Å²) in [7, 11) is 0. The van der Waals surface area contributed by atoms with Crippen LogP contribution in [0.5, 0.6) is 0 Å². The first kappa shape index (κ1) is 18.9. The monoisotopic (exact) mass is 347 g/mol. The van der Waals surface area contributed by atoms with Crippen LogP contribution in [0.3, 0.4) is 0 Å². The summed E-state index contributed by atoms with van der Waals surface area (Å²) >= 11 is 0. The second-order valence-electron chi connectivity index (χ2n) is 7.96. The molecular formula is C25H33N. The predicted octanol–water partition coefficient (Wildman–Crippen LogP) is 5.97. The average Bonchev–Trinajstić information content (AvgIpc) is 3.14. The van der Waals surface area contributed by atoms with Gasteiger partial charge in [0.2, 0.25) is 0 Å². The molecule has 138 valence electrons. The van der Waals surface area contributed by atoms with E-state index in [1.54, 1.807) is 0 Å². The van der Waals surface area contributed by atoms with Crippen molar-refractivity contribution < 1.29 is 0 Å². The number of likely N-dealkylation sites (tertiary alicyclic amines) is 1. The summed E-state index contributed by atoms with van der Waals surface area (Å²) in [6, 6.07) is 18.4. The number of rotatable bonds is 9. The number of benzene rings is 2. The highest BCUT2D eigenvalue weighted by molar-refractivity contribution is 5.26. The van der Waals surface area contributed by atoms with E-state index in [1.165, 1.54) is 79.4 Å². The molecule has 1 heterocycles. The fraction of sp³-hybridized carbons (Fsp3) is 0.440. The largest absolute Gasteiger partial charge is 0.299 e. The van der Waals surface area contributed by atoms with Crippen LogP contribution in [0.2, 0.25) is 0 Å². The van der Waals surface area contributed by atoms with Gasteiger partial charge in [-0.1, -0.05) is 60.7 Å². The van der Waals surface area contributed by atoms with Gasteiger partial charge in [0.05, 0.1) is 0 Å². The van der Waals surface area contributed by atoms with Crippen LogP contribution < -0.4 is 0 Å². The van der Waals surface area contributed by atoms with Gasteiger partial charge in [0.1, 0.15) is 0 Å². The van der Waals surface area contributed by atoms with Crippen LogP contribution in [0, 0.1) is 0 Å². The molecule has 0 saturated carbocycles. The number of allylic oxidation sites excluding steroid dienone is 1. The van der Waals surface area contributed by atoms with Gasteiger partial charge in [0.15, 0.2) is 0 Å². The lowest BCUT2D eigenvalue weighted by atomic mass is 10.0. The molecule has 0 bridgehead atoms. The van der Waals surface area contributed by atoms with Gasteiger partial charge in [-0.15, -0.1) is 0 Å². The third-order valence-electron chi connectivity index (χ3n) is 5.34. The van der Waals surface area contributed by atoms with Crippen molar-refractivity contribution in [2.45, 2.75) is 58.4 Å². The molecule has 0 N–H and O–H groups in total. The van der Waals surface area contributed by atoms with Crippen LogP contribution >= 0.6 is 0 Å². The van der Waals surface area contributed by atoms with Crippen molar-refractivity contribution in [2.24, 2.45) is 0 Å². The Hall–Kier alpha value is -1.86. The molecule has 2 aromatic rings. The summed E-state index contributed by atoms with van der Waals surface area (Å²) in [5.74, 6) is 0. The Bertz CT molecular complexity index is 675. The van der Waals surface area contributed by atoms with Gasteiger partial charge < -0.3 is 0 Å². The van der Waals surface area contributed by atoms with Crippen LogP contribution in [0.4, 0.5) is 0 Å². The van der Waals surface area contributed by atoms with Crippen LogP contribution in [0.15, 0.2) is 60.7 Å². The first-order valence-corrected chi connectivity index (χ1v) is 10.2. The molecule has 26 heavy (non-hydrogen) atoms. The molecule has 0 spiro atoms. The van der Waals surface area contributed by atoms with Crippen molar-refractivity contribution in [3.8, 4) is 0 Å². The summed E-state index contributed by atoms with van der Waals surface area (Å²) < 4.78 is 0. The second-order valence-corrected chi connectivity index (χ2v) is 7.96. The Morgan fingerprint density at radius 3 is 1.73 bits per heavy atom. The number of hydrogen-bond donors (Lipinski definition) is 0. The Kier molecular flexibility index (Phi) is 7.08. The van der Waals surface area contributed by atoms with E-state index >= 15 is 0 Å². The number of nitrogens with zero attached hydrogens (tertiary/aromatic N) is 1. The summed E-state index contributed by atoms with van der Waals surface area (Å²) in [5.41, 5.74) is 6.99. The molecule has 1 aliphatic heterocycles. The lowest BCUT2D eigenvalue weighted by Crippen LogP contribution is -2.18. The summed E-state index contributed by atoms with van der Waals surface area (Å²) in [5, 5.41) is 0. The Labute approximate surface area is 159 Å². The van der Waals surface area contributed by atoms with Gasteiger partial charge in [-0.3, -0.25) is 4.90 Å². The second kappa shape index (κ2) is 9.73. The van der Waals surface area contributed by atoms with Crippen molar-refractivity contribution >= 4 is 0 Å². The van der Waals surface area contributed by atoms with Gasteiger partial charge in [-0.25, -0.2) is 0 Å². The highest BCUT2D eigenvalue weighted by Crippen LogP contribution is 2.15. The van der Waals surface area contributed by atoms with Crippen molar-refractivity contribution in [1.82, 2.24) is 4.90 Å². The molecule has 0 aliphatic carbocycles. The number of hydrogen-bond acceptors (Lipinski definition) is 1. The Morgan fingerprint density at radius 2 is 1.23 bits per heavy atom. The van der Waals surface area contributed by atoms with E-state index in [0.29, 0.717) is 0 Å². The van der Waals surface area contributed by atoms with E-state index < -0.39 is 0 Å². The van der Waals surface area contributed by atoms with E-state index in [-0.39, 0.29) is 0 Å². The normalized spacial score (nSPS) is 14.7. The fourth-order valence-corrected chi connectivity index (χ4v) is 3.84. The number of aryl methyl sites for hydroxylation is 2. The molecule has 3 rings (SSSR count). The lowest BCUT2D eigenvalue weighted by molar-refractivity contribution is 0.331. The average molecular weight is 348 g/mol. The summed E-state index contributed by atoms with van der Waals surface area (Å²) in [6.45, 7) is 9.75. The summed E-state index contributed by atoms with van der Waals surface area (Å²) in [4.78, 5) is 2.57. The van der Waals surface area contributed by atoms with Crippen molar-refractivity contribution in [3.63, 3.8) is 0 Å². The van der Waals surface area contributed by atoms with Crippen molar-refractivity contribution in [2.75, 3.05) is 13.1 Å². The summed E-state index contributed by atoms with van der Waals surface area (Å²) in [6.07, 6.45) is 8.63. The van der Waals surface area contributed by atoms with Crippen LogP contribution in [0.1, 0.15) is 54.9 Å². The highest BCUT2D eigenvalue weighted by Gasteiger charge is 2.11. The fourth-order valence-electron chi connectivity index (χ4n) is 3.84. The van der Waals surface area contributed by atoms with Crippen LogP contribution in [-0.4, -0.2) is 18.0 Å². The van der Waals surface area contributed by atoms with Gasteiger partial charge >= 0.3 is 0 Å². The molecular weight excluding hydrogens is 314 g/mol. The predicted molar refractivity (Wildman–Crippen MR) is 113 cm³/mol. The van der Waals surface area contributed by atoms with Gasteiger partial charge in [-0.2, -0.15) is 0 Å². The smallest absolute Gasteiger partial charge is 0.0233 e. The van der Waals surface area contributed by atoms with E-state index in [4.69, 9.17) is 0 Å². The molecule has 1 fully saturated rings. The molecule has 1 aliphatic rings. The molecule has 1 heteroatoms. The van der Waals surface area contributed by atoms with Crippen molar-refractivity contribution in [3.05, 3.63) is 82.9 Å². The van der Waals surface area contributed by atoms with Gasteiger partial charge in [0, 0.05) is 6.54 Å². The zero-order chi connectivity index (χ0) is 18.2. The topological polar surface area (TPSA) is 3.24 Å². The maximum atomic E-state index is 3.99. The van der Waals surface area contributed by atoms with Crippen LogP contribution in [-0.2, 0) is 25.8 Å². The van der Waals surface area contributed by atoms with E-state index in [1.807, 2.05) is 0 Å². The van der Waals surface area contributed by atoms with E-state index in [0.717, 1.165) is 13.0 Å². The SMILES string of the molecule is C=C(C)Cc1ccc(CCCCc2ccc(CN3CCCC3)cc2)cc1. The molecule has 0 aromatic heterocycles. The lowest BCUT2D eigenvalue weighted by Gasteiger charge is -2.14. The standard InChI is InChI=1S/C25H33N/c1-21(2)19-24-13-9-22(10-14-24)7-3-4-8-23-11-15-25(16-12-23)20-26-17-5-6-18-26/h9-16H,1,3-8,17-20H2,2H3. The quantitative estimate of drug-likeness (QED) is 0.399. The number of unbranched alkanes of at least 4 members (excludes halogenated alkanes) is 1. The molecule has 0 amide bonds. The Balaban J connectivity index is 1.37. The van der Waals surface area contributed by atoms with Gasteiger partial charge in [0.25, 0.3) is 0 Å².